The lowest BCUT2D eigenvalue weighted by molar-refractivity contribution is -0.0975. The topological polar surface area (TPSA) is 30.5 Å². The second-order valence-corrected chi connectivity index (χ2v) is 7.80. The minimum absolute atomic E-state index is 0.0130. The molecule has 2 unspecified atom stereocenters. The molecule has 126 valence electrons. The van der Waals surface area contributed by atoms with Gasteiger partial charge in [0.05, 0.1) is 18.8 Å². The van der Waals surface area contributed by atoms with Crippen LogP contribution >= 0.6 is 0 Å². The van der Waals surface area contributed by atoms with Crippen LogP contribution in [0, 0.1) is 5.92 Å². The summed E-state index contributed by atoms with van der Waals surface area (Å²) in [6.07, 6.45) is 7.31. The second kappa shape index (κ2) is 9.12. The first-order valence-electron chi connectivity index (χ1n) is 8.84. The largest absolute Gasteiger partial charge is 0.379 e. The molecule has 1 aliphatic rings. The Morgan fingerprint density at radius 2 is 1.95 bits per heavy atom. The molecule has 1 saturated carbocycles. The van der Waals surface area contributed by atoms with Gasteiger partial charge in [0.2, 0.25) is 0 Å². The summed E-state index contributed by atoms with van der Waals surface area (Å²) >= 11 is 0. The highest BCUT2D eigenvalue weighted by atomic mass is 16.5. The van der Waals surface area contributed by atoms with Crippen LogP contribution in [0.15, 0.2) is 0 Å². The number of hydrogen-bond donors (Lipinski definition) is 1. The average molecular weight is 299 g/mol. The van der Waals surface area contributed by atoms with Crippen molar-refractivity contribution in [2.24, 2.45) is 5.92 Å². The van der Waals surface area contributed by atoms with E-state index in [2.05, 4.69) is 39.9 Å². The van der Waals surface area contributed by atoms with Crippen molar-refractivity contribution in [1.82, 2.24) is 5.32 Å². The molecule has 0 aromatic rings. The van der Waals surface area contributed by atoms with Gasteiger partial charge in [0.1, 0.15) is 0 Å². The standard InChI is InChI=1S/C18H37NO2/c1-6-7-11-20-12-13-21-18(15-19-17(3,4)5)10-8-9-16(2)14-18/h16,19H,6-15H2,1-5H3. The van der Waals surface area contributed by atoms with Gasteiger partial charge in [-0.15, -0.1) is 0 Å². The quantitative estimate of drug-likeness (QED) is 0.649. The maximum absolute atomic E-state index is 6.33. The third-order valence-corrected chi connectivity index (χ3v) is 4.27. The molecule has 1 N–H and O–H groups in total. The summed E-state index contributed by atoms with van der Waals surface area (Å²) in [7, 11) is 0. The zero-order valence-electron chi connectivity index (χ0n) is 15.0. The Hall–Kier alpha value is -0.120. The number of ether oxygens (including phenoxy) is 2. The molecule has 0 radical (unpaired) electrons. The van der Waals surface area contributed by atoms with Crippen LogP contribution in [0.25, 0.3) is 0 Å². The number of nitrogens with one attached hydrogen (secondary N) is 1. The molecule has 0 amide bonds. The molecule has 21 heavy (non-hydrogen) atoms. The zero-order valence-corrected chi connectivity index (χ0v) is 15.0. The first-order chi connectivity index (χ1) is 9.87. The number of rotatable bonds is 9. The fraction of sp³-hybridized carbons (Fsp3) is 1.00. The second-order valence-electron chi connectivity index (χ2n) is 7.80. The van der Waals surface area contributed by atoms with E-state index in [0.717, 1.165) is 38.7 Å². The van der Waals surface area contributed by atoms with Gasteiger partial charge < -0.3 is 14.8 Å². The third kappa shape index (κ3) is 8.18. The number of hydrogen-bond acceptors (Lipinski definition) is 3. The molecule has 1 fully saturated rings. The van der Waals surface area contributed by atoms with Crippen LogP contribution in [0.5, 0.6) is 0 Å². The van der Waals surface area contributed by atoms with E-state index in [9.17, 15) is 0 Å². The van der Waals surface area contributed by atoms with Crippen molar-refractivity contribution in [2.45, 2.75) is 84.3 Å². The van der Waals surface area contributed by atoms with Crippen molar-refractivity contribution in [3.8, 4) is 0 Å². The Morgan fingerprint density at radius 1 is 1.19 bits per heavy atom. The van der Waals surface area contributed by atoms with E-state index >= 15 is 0 Å². The molecule has 1 aliphatic carbocycles. The summed E-state index contributed by atoms with van der Waals surface area (Å²) in [6.45, 7) is 14.5. The molecule has 2 atom stereocenters. The van der Waals surface area contributed by atoms with Crippen LogP contribution in [0.3, 0.4) is 0 Å². The third-order valence-electron chi connectivity index (χ3n) is 4.27. The van der Waals surface area contributed by atoms with Gasteiger partial charge in [-0.25, -0.2) is 0 Å². The van der Waals surface area contributed by atoms with Gasteiger partial charge in [0.15, 0.2) is 0 Å². The SMILES string of the molecule is CCCCOCCOC1(CNC(C)(C)C)CCCC(C)C1. The Kier molecular flexibility index (Phi) is 8.22. The molecular weight excluding hydrogens is 262 g/mol. The molecule has 0 aromatic carbocycles. The highest BCUT2D eigenvalue weighted by Crippen LogP contribution is 2.35. The van der Waals surface area contributed by atoms with E-state index < -0.39 is 0 Å². The van der Waals surface area contributed by atoms with E-state index in [1.54, 1.807) is 0 Å². The Bertz CT molecular complexity index is 275. The molecule has 0 heterocycles. The Labute approximate surface area is 132 Å². The fourth-order valence-electron chi connectivity index (χ4n) is 3.05. The van der Waals surface area contributed by atoms with Crippen LogP contribution in [-0.4, -0.2) is 37.5 Å². The fourth-order valence-corrected chi connectivity index (χ4v) is 3.05. The molecule has 3 nitrogen and oxygen atoms in total. The van der Waals surface area contributed by atoms with E-state index in [1.807, 2.05) is 0 Å². The van der Waals surface area contributed by atoms with E-state index in [1.165, 1.54) is 32.1 Å². The van der Waals surface area contributed by atoms with E-state index in [0.29, 0.717) is 0 Å². The Balaban J connectivity index is 2.40. The van der Waals surface area contributed by atoms with Crippen molar-refractivity contribution >= 4 is 0 Å². The molecule has 0 bridgehead atoms. The lowest BCUT2D eigenvalue weighted by Gasteiger charge is -2.42. The predicted molar refractivity (Wildman–Crippen MR) is 89.8 cm³/mol. The minimum Gasteiger partial charge on any atom is -0.379 e. The summed E-state index contributed by atoms with van der Waals surface area (Å²) in [6, 6.07) is 0. The van der Waals surface area contributed by atoms with Crippen LogP contribution in [0.1, 0.15) is 73.1 Å². The number of unbranched alkanes of at least 4 members (excludes halogenated alkanes) is 1. The maximum Gasteiger partial charge on any atom is 0.0810 e. The van der Waals surface area contributed by atoms with Gasteiger partial charge in [0, 0.05) is 18.7 Å². The molecule has 1 rings (SSSR count). The molecule has 0 saturated heterocycles. The Morgan fingerprint density at radius 3 is 2.57 bits per heavy atom. The van der Waals surface area contributed by atoms with Gasteiger partial charge in [-0.3, -0.25) is 0 Å². The van der Waals surface area contributed by atoms with Gasteiger partial charge in [-0.2, -0.15) is 0 Å². The summed E-state index contributed by atoms with van der Waals surface area (Å²) in [4.78, 5) is 0. The highest BCUT2D eigenvalue weighted by Gasteiger charge is 2.36. The normalized spacial score (nSPS) is 27.0. The smallest absolute Gasteiger partial charge is 0.0810 e. The van der Waals surface area contributed by atoms with Crippen LogP contribution < -0.4 is 5.32 Å². The van der Waals surface area contributed by atoms with Crippen molar-refractivity contribution in [3.63, 3.8) is 0 Å². The lowest BCUT2D eigenvalue weighted by atomic mass is 9.78. The predicted octanol–water partition coefficient (Wildman–Crippen LogP) is 4.16. The molecular formula is C18H37NO2. The van der Waals surface area contributed by atoms with E-state index in [4.69, 9.17) is 9.47 Å². The van der Waals surface area contributed by atoms with Crippen molar-refractivity contribution in [3.05, 3.63) is 0 Å². The van der Waals surface area contributed by atoms with Crippen LogP contribution in [0.2, 0.25) is 0 Å². The first-order valence-corrected chi connectivity index (χ1v) is 8.84. The highest BCUT2D eigenvalue weighted by molar-refractivity contribution is 4.91. The van der Waals surface area contributed by atoms with Crippen molar-refractivity contribution < 1.29 is 9.47 Å². The van der Waals surface area contributed by atoms with Crippen LogP contribution in [-0.2, 0) is 9.47 Å². The summed E-state index contributed by atoms with van der Waals surface area (Å²) in [5, 5.41) is 3.65. The van der Waals surface area contributed by atoms with Crippen LogP contribution in [0.4, 0.5) is 0 Å². The summed E-state index contributed by atoms with van der Waals surface area (Å²) in [5.74, 6) is 0.765. The minimum atomic E-state index is 0.0130. The molecule has 0 aliphatic heterocycles. The average Bonchev–Trinajstić information content (AvgIpc) is 2.40. The van der Waals surface area contributed by atoms with Gasteiger partial charge >= 0.3 is 0 Å². The summed E-state index contributed by atoms with van der Waals surface area (Å²) in [5.41, 5.74) is 0.160. The molecule has 3 heteroatoms. The lowest BCUT2D eigenvalue weighted by Crippen LogP contribution is -2.51. The zero-order chi connectivity index (χ0) is 15.8. The van der Waals surface area contributed by atoms with Gasteiger partial charge in [-0.1, -0.05) is 33.1 Å². The van der Waals surface area contributed by atoms with Crippen molar-refractivity contribution in [2.75, 3.05) is 26.4 Å². The first kappa shape index (κ1) is 18.9. The molecule has 0 spiro atoms. The molecule has 0 aromatic heterocycles. The monoisotopic (exact) mass is 299 g/mol. The van der Waals surface area contributed by atoms with Crippen molar-refractivity contribution in [1.29, 1.82) is 0 Å². The summed E-state index contributed by atoms with van der Waals surface area (Å²) < 4.78 is 12.0. The van der Waals surface area contributed by atoms with E-state index in [-0.39, 0.29) is 11.1 Å². The van der Waals surface area contributed by atoms with Gasteiger partial charge in [-0.05, 0) is 46.0 Å². The van der Waals surface area contributed by atoms with Gasteiger partial charge in [0.25, 0.3) is 0 Å². The maximum atomic E-state index is 6.33.